The monoisotopic (exact) mass is 308 g/mol. The van der Waals surface area contributed by atoms with Crippen LogP contribution in [0.2, 0.25) is 0 Å². The molecule has 2 aliphatic rings. The van der Waals surface area contributed by atoms with E-state index in [4.69, 9.17) is 0 Å². The Hall–Kier alpha value is -1.56. The molecule has 1 saturated heterocycles. The van der Waals surface area contributed by atoms with Gasteiger partial charge in [0.1, 0.15) is 0 Å². The van der Waals surface area contributed by atoms with E-state index in [0.717, 1.165) is 21.0 Å². The number of rotatable bonds is 2. The SMILES string of the molecule is Cc1ccc2c(c1)C1CS(=O)(=O)N(CC(C)C)C(=O)N1C2. The first-order chi connectivity index (χ1) is 9.79. The number of sulfonamides is 1. The molecular formula is C15H20N2O3S. The van der Waals surface area contributed by atoms with Crippen LogP contribution in [0.5, 0.6) is 0 Å². The van der Waals surface area contributed by atoms with E-state index in [1.54, 1.807) is 4.90 Å². The third kappa shape index (κ3) is 2.31. The van der Waals surface area contributed by atoms with Crippen molar-refractivity contribution in [3.63, 3.8) is 0 Å². The highest BCUT2D eigenvalue weighted by Crippen LogP contribution is 2.39. The molecule has 5 nitrogen and oxygen atoms in total. The smallest absolute Gasteiger partial charge is 0.311 e. The first-order valence-corrected chi connectivity index (χ1v) is 8.81. The second-order valence-corrected chi connectivity index (χ2v) is 8.27. The van der Waals surface area contributed by atoms with E-state index in [0.29, 0.717) is 6.54 Å². The quantitative estimate of drug-likeness (QED) is 0.842. The summed E-state index contributed by atoms with van der Waals surface area (Å²) in [4.78, 5) is 14.3. The van der Waals surface area contributed by atoms with Crippen molar-refractivity contribution in [1.29, 1.82) is 0 Å². The lowest BCUT2D eigenvalue weighted by atomic mass is 10.0. The normalized spacial score (nSPS) is 23.4. The molecule has 1 atom stereocenters. The van der Waals surface area contributed by atoms with Crippen LogP contribution in [-0.2, 0) is 16.6 Å². The van der Waals surface area contributed by atoms with Gasteiger partial charge in [0.2, 0.25) is 10.0 Å². The van der Waals surface area contributed by atoms with Crippen molar-refractivity contribution in [2.75, 3.05) is 12.3 Å². The molecule has 1 unspecified atom stereocenters. The topological polar surface area (TPSA) is 57.7 Å². The van der Waals surface area contributed by atoms with Crippen LogP contribution in [-0.4, -0.2) is 36.0 Å². The summed E-state index contributed by atoms with van der Waals surface area (Å²) < 4.78 is 25.9. The molecule has 1 fully saturated rings. The van der Waals surface area contributed by atoms with E-state index in [1.807, 2.05) is 39.0 Å². The number of amides is 2. The van der Waals surface area contributed by atoms with Crippen LogP contribution in [0.15, 0.2) is 18.2 Å². The molecule has 0 radical (unpaired) electrons. The number of carbonyl (C=O) groups excluding carboxylic acids is 1. The van der Waals surface area contributed by atoms with Gasteiger partial charge in [-0.15, -0.1) is 0 Å². The van der Waals surface area contributed by atoms with Crippen LogP contribution in [0.1, 0.15) is 36.6 Å². The van der Waals surface area contributed by atoms with Gasteiger partial charge in [-0.25, -0.2) is 17.5 Å². The molecule has 1 aromatic carbocycles. The minimum atomic E-state index is -3.54. The molecule has 0 aliphatic carbocycles. The van der Waals surface area contributed by atoms with E-state index < -0.39 is 10.0 Å². The van der Waals surface area contributed by atoms with Crippen LogP contribution in [0.25, 0.3) is 0 Å². The van der Waals surface area contributed by atoms with Gasteiger partial charge in [-0.1, -0.05) is 37.6 Å². The Bertz CT molecular complexity index is 697. The van der Waals surface area contributed by atoms with Gasteiger partial charge in [0.15, 0.2) is 0 Å². The Morgan fingerprint density at radius 1 is 1.33 bits per heavy atom. The van der Waals surface area contributed by atoms with Gasteiger partial charge in [-0.3, -0.25) is 0 Å². The van der Waals surface area contributed by atoms with Gasteiger partial charge in [0.25, 0.3) is 0 Å². The third-order valence-corrected chi connectivity index (χ3v) is 5.79. The van der Waals surface area contributed by atoms with Crippen molar-refractivity contribution >= 4 is 16.1 Å². The largest absolute Gasteiger partial charge is 0.334 e. The van der Waals surface area contributed by atoms with Crippen molar-refractivity contribution in [2.45, 2.75) is 33.4 Å². The van der Waals surface area contributed by atoms with Crippen molar-refractivity contribution in [3.8, 4) is 0 Å². The van der Waals surface area contributed by atoms with Gasteiger partial charge in [-0.2, -0.15) is 0 Å². The zero-order chi connectivity index (χ0) is 15.4. The van der Waals surface area contributed by atoms with Gasteiger partial charge in [0.05, 0.1) is 11.8 Å². The second-order valence-electron chi connectivity index (χ2n) is 6.33. The Kier molecular flexibility index (Phi) is 3.24. The Labute approximate surface area is 125 Å². The summed E-state index contributed by atoms with van der Waals surface area (Å²) >= 11 is 0. The fourth-order valence-electron chi connectivity index (χ4n) is 3.09. The standard InChI is InChI=1S/C15H20N2O3S/c1-10(2)7-17-15(18)16-8-12-5-4-11(3)6-13(12)14(16)9-21(17,19)20/h4-6,10,14H,7-9H2,1-3H3. The molecule has 0 saturated carbocycles. The highest BCUT2D eigenvalue weighted by atomic mass is 32.2. The Morgan fingerprint density at radius 3 is 2.71 bits per heavy atom. The first-order valence-electron chi connectivity index (χ1n) is 7.20. The van der Waals surface area contributed by atoms with Crippen LogP contribution >= 0.6 is 0 Å². The number of fused-ring (bicyclic) bond motifs is 3. The van der Waals surface area contributed by atoms with Gasteiger partial charge in [-0.05, 0) is 24.0 Å². The van der Waals surface area contributed by atoms with E-state index >= 15 is 0 Å². The number of carbonyl (C=O) groups is 1. The predicted octanol–water partition coefficient (Wildman–Crippen LogP) is 2.27. The number of hydrogen-bond donors (Lipinski definition) is 0. The summed E-state index contributed by atoms with van der Waals surface area (Å²) in [6.07, 6.45) is 0. The highest BCUT2D eigenvalue weighted by Gasteiger charge is 2.46. The van der Waals surface area contributed by atoms with E-state index in [1.165, 1.54) is 0 Å². The fraction of sp³-hybridized carbons (Fsp3) is 0.533. The van der Waals surface area contributed by atoms with E-state index in [2.05, 4.69) is 0 Å². The van der Waals surface area contributed by atoms with E-state index in [-0.39, 0.29) is 30.3 Å². The third-order valence-electron chi connectivity index (χ3n) is 4.07. The maximum absolute atomic E-state index is 12.6. The molecular weight excluding hydrogens is 288 g/mol. The minimum absolute atomic E-state index is 0.0120. The molecule has 2 heterocycles. The van der Waals surface area contributed by atoms with Gasteiger partial charge in [0, 0.05) is 13.1 Å². The van der Waals surface area contributed by atoms with Crippen molar-refractivity contribution in [2.24, 2.45) is 5.92 Å². The van der Waals surface area contributed by atoms with Crippen LogP contribution in [0.4, 0.5) is 4.79 Å². The molecule has 0 aromatic heterocycles. The zero-order valence-corrected chi connectivity index (χ0v) is 13.4. The second kappa shape index (κ2) is 4.73. The summed E-state index contributed by atoms with van der Waals surface area (Å²) in [7, 11) is -3.54. The van der Waals surface area contributed by atoms with Crippen LogP contribution in [0.3, 0.4) is 0 Å². The average Bonchev–Trinajstić information content (AvgIpc) is 2.72. The van der Waals surface area contributed by atoms with Gasteiger partial charge >= 0.3 is 6.03 Å². The van der Waals surface area contributed by atoms with Gasteiger partial charge < -0.3 is 4.90 Å². The summed E-state index contributed by atoms with van der Waals surface area (Å²) in [6.45, 7) is 6.56. The van der Waals surface area contributed by atoms with Crippen molar-refractivity contribution in [1.82, 2.24) is 9.21 Å². The number of hydrogen-bond acceptors (Lipinski definition) is 3. The molecule has 0 bridgehead atoms. The average molecular weight is 308 g/mol. The maximum atomic E-state index is 12.6. The first kappa shape index (κ1) is 14.4. The molecule has 3 rings (SSSR count). The molecule has 0 N–H and O–H groups in total. The predicted molar refractivity (Wildman–Crippen MR) is 80.2 cm³/mol. The fourth-order valence-corrected chi connectivity index (χ4v) is 4.89. The summed E-state index contributed by atoms with van der Waals surface area (Å²) in [5, 5.41) is 0. The lowest BCUT2D eigenvalue weighted by Gasteiger charge is -2.37. The van der Waals surface area contributed by atoms with Crippen LogP contribution < -0.4 is 0 Å². The summed E-state index contributed by atoms with van der Waals surface area (Å²) in [5.74, 6) is 0.106. The molecule has 1 aromatic rings. The maximum Gasteiger partial charge on any atom is 0.334 e. The van der Waals surface area contributed by atoms with Crippen LogP contribution in [0, 0.1) is 12.8 Å². The minimum Gasteiger partial charge on any atom is -0.311 e. The molecule has 2 aliphatic heterocycles. The molecule has 21 heavy (non-hydrogen) atoms. The zero-order valence-electron chi connectivity index (χ0n) is 12.5. The lowest BCUT2D eigenvalue weighted by molar-refractivity contribution is 0.153. The molecule has 6 heteroatoms. The number of urea groups is 1. The lowest BCUT2D eigenvalue weighted by Crippen LogP contribution is -2.54. The molecule has 114 valence electrons. The molecule has 0 spiro atoms. The Morgan fingerprint density at radius 2 is 2.05 bits per heavy atom. The Balaban J connectivity index is 2.00. The van der Waals surface area contributed by atoms with Crippen molar-refractivity contribution in [3.05, 3.63) is 34.9 Å². The number of benzene rings is 1. The summed E-state index contributed by atoms with van der Waals surface area (Å²) in [5.41, 5.74) is 3.13. The van der Waals surface area contributed by atoms with Crippen molar-refractivity contribution < 1.29 is 13.2 Å². The highest BCUT2D eigenvalue weighted by molar-refractivity contribution is 7.89. The number of aryl methyl sites for hydroxylation is 1. The molecule has 2 amide bonds. The summed E-state index contributed by atoms with van der Waals surface area (Å²) in [6, 6.07) is 5.29. The number of nitrogens with zero attached hydrogens (tertiary/aromatic N) is 2. The van der Waals surface area contributed by atoms with E-state index in [9.17, 15) is 13.2 Å².